The lowest BCUT2D eigenvalue weighted by Crippen LogP contribution is -1.98. The number of hydrogen-bond donors (Lipinski definition) is 1. The van der Waals surface area contributed by atoms with Crippen LogP contribution in [0.4, 0.5) is 10.2 Å². The molecule has 0 aliphatic heterocycles. The van der Waals surface area contributed by atoms with E-state index < -0.39 is 0 Å². The standard InChI is InChI=1S/C12H10FN3O/c1-16-12(14)9(6-15-16)8-4-7-2-3-17-11(7)5-10(8)13/h2-6H,14H2,1H3. The maximum atomic E-state index is 13.9. The molecule has 0 radical (unpaired) electrons. The summed E-state index contributed by atoms with van der Waals surface area (Å²) in [5, 5.41) is 4.84. The minimum absolute atomic E-state index is 0.368. The fourth-order valence-electron chi connectivity index (χ4n) is 1.85. The molecule has 2 heterocycles. The SMILES string of the molecule is Cn1ncc(-c2cc3ccoc3cc2F)c1N. The highest BCUT2D eigenvalue weighted by Crippen LogP contribution is 2.31. The third-order valence-corrected chi connectivity index (χ3v) is 2.82. The number of aromatic nitrogens is 2. The van der Waals surface area contributed by atoms with Gasteiger partial charge in [0.2, 0.25) is 0 Å². The second kappa shape index (κ2) is 3.35. The van der Waals surface area contributed by atoms with Gasteiger partial charge in [0.15, 0.2) is 0 Å². The highest BCUT2D eigenvalue weighted by molar-refractivity contribution is 5.86. The lowest BCUT2D eigenvalue weighted by molar-refractivity contribution is 0.600. The van der Waals surface area contributed by atoms with Gasteiger partial charge >= 0.3 is 0 Å². The topological polar surface area (TPSA) is 57.0 Å². The van der Waals surface area contributed by atoms with E-state index in [2.05, 4.69) is 5.10 Å². The summed E-state index contributed by atoms with van der Waals surface area (Å²) >= 11 is 0. The van der Waals surface area contributed by atoms with Gasteiger partial charge in [-0.1, -0.05) is 0 Å². The average Bonchev–Trinajstić information content (AvgIpc) is 2.86. The molecule has 2 aromatic heterocycles. The highest BCUT2D eigenvalue weighted by atomic mass is 19.1. The van der Waals surface area contributed by atoms with Gasteiger partial charge in [0, 0.05) is 29.6 Å². The van der Waals surface area contributed by atoms with E-state index in [1.54, 1.807) is 25.4 Å². The molecule has 3 rings (SSSR count). The summed E-state index contributed by atoms with van der Waals surface area (Å²) < 4.78 is 20.6. The lowest BCUT2D eigenvalue weighted by atomic mass is 10.1. The number of halogens is 1. The summed E-state index contributed by atoms with van der Waals surface area (Å²) in [4.78, 5) is 0. The number of rotatable bonds is 1. The number of fused-ring (bicyclic) bond motifs is 1. The molecule has 1 aromatic carbocycles. The highest BCUT2D eigenvalue weighted by Gasteiger charge is 2.13. The molecule has 0 unspecified atom stereocenters. The second-order valence-corrected chi connectivity index (χ2v) is 3.86. The smallest absolute Gasteiger partial charge is 0.136 e. The number of nitrogens with two attached hydrogens (primary N) is 1. The van der Waals surface area contributed by atoms with Crippen LogP contribution in [-0.2, 0) is 7.05 Å². The zero-order valence-electron chi connectivity index (χ0n) is 9.14. The molecule has 0 fully saturated rings. The Morgan fingerprint density at radius 3 is 2.88 bits per heavy atom. The molecule has 0 saturated heterocycles. The number of furan rings is 1. The zero-order chi connectivity index (χ0) is 12.0. The average molecular weight is 231 g/mol. The third kappa shape index (κ3) is 1.39. The van der Waals surface area contributed by atoms with Gasteiger partial charge in [0.1, 0.15) is 17.2 Å². The van der Waals surface area contributed by atoms with Crippen molar-refractivity contribution in [1.29, 1.82) is 0 Å². The molecule has 0 spiro atoms. The second-order valence-electron chi connectivity index (χ2n) is 3.86. The first-order valence-electron chi connectivity index (χ1n) is 5.11. The van der Waals surface area contributed by atoms with Gasteiger partial charge < -0.3 is 10.2 Å². The predicted octanol–water partition coefficient (Wildman–Crippen LogP) is 2.55. The molecule has 0 amide bonds. The Kier molecular flexibility index (Phi) is 1.95. The van der Waals surface area contributed by atoms with Crippen LogP contribution in [0.15, 0.2) is 35.1 Å². The molecule has 17 heavy (non-hydrogen) atoms. The van der Waals surface area contributed by atoms with Gasteiger partial charge in [0.05, 0.1) is 12.5 Å². The summed E-state index contributed by atoms with van der Waals surface area (Å²) in [6.07, 6.45) is 3.08. The molecule has 86 valence electrons. The van der Waals surface area contributed by atoms with E-state index >= 15 is 0 Å². The summed E-state index contributed by atoms with van der Waals surface area (Å²) in [7, 11) is 1.72. The molecule has 2 N–H and O–H groups in total. The Bertz CT molecular complexity index is 699. The number of benzene rings is 1. The number of nitrogen functional groups attached to an aromatic ring is 1. The molecule has 0 saturated carbocycles. The Hall–Kier alpha value is -2.30. The zero-order valence-corrected chi connectivity index (χ0v) is 9.14. The van der Waals surface area contributed by atoms with E-state index in [0.717, 1.165) is 5.39 Å². The molecule has 3 aromatic rings. The molecule has 0 aliphatic rings. The largest absolute Gasteiger partial charge is 0.464 e. The van der Waals surface area contributed by atoms with Crippen LogP contribution in [0.3, 0.4) is 0 Å². The first kappa shape index (κ1) is 9.89. The Morgan fingerprint density at radius 1 is 1.35 bits per heavy atom. The van der Waals surface area contributed by atoms with Crippen molar-refractivity contribution in [2.24, 2.45) is 7.05 Å². The normalized spacial score (nSPS) is 11.2. The van der Waals surface area contributed by atoms with Crippen molar-refractivity contribution in [3.05, 3.63) is 36.5 Å². The van der Waals surface area contributed by atoms with Gasteiger partial charge in [0.25, 0.3) is 0 Å². The van der Waals surface area contributed by atoms with E-state index in [-0.39, 0.29) is 5.82 Å². The molecule has 0 aliphatic carbocycles. The van der Waals surface area contributed by atoms with Crippen molar-refractivity contribution in [3.8, 4) is 11.1 Å². The summed E-state index contributed by atoms with van der Waals surface area (Å²) in [5.74, 6) is 0.0684. The van der Waals surface area contributed by atoms with Crippen molar-refractivity contribution >= 4 is 16.8 Å². The van der Waals surface area contributed by atoms with Crippen molar-refractivity contribution < 1.29 is 8.81 Å². The van der Waals surface area contributed by atoms with Crippen LogP contribution < -0.4 is 5.73 Å². The van der Waals surface area contributed by atoms with Crippen molar-refractivity contribution in [2.75, 3.05) is 5.73 Å². The number of anilines is 1. The molecule has 0 bridgehead atoms. The van der Waals surface area contributed by atoms with E-state index in [1.165, 1.54) is 17.0 Å². The molecular weight excluding hydrogens is 221 g/mol. The Morgan fingerprint density at radius 2 is 2.18 bits per heavy atom. The van der Waals surface area contributed by atoms with Crippen LogP contribution in [0.2, 0.25) is 0 Å². The van der Waals surface area contributed by atoms with Crippen molar-refractivity contribution in [2.45, 2.75) is 0 Å². The van der Waals surface area contributed by atoms with Crippen LogP contribution in [0.1, 0.15) is 0 Å². The Labute approximate surface area is 96.4 Å². The summed E-state index contributed by atoms with van der Waals surface area (Å²) in [6.45, 7) is 0. The number of nitrogens with zero attached hydrogens (tertiary/aromatic N) is 2. The monoisotopic (exact) mass is 231 g/mol. The maximum absolute atomic E-state index is 13.9. The van der Waals surface area contributed by atoms with Gasteiger partial charge in [-0.3, -0.25) is 4.68 Å². The maximum Gasteiger partial charge on any atom is 0.136 e. The van der Waals surface area contributed by atoms with Crippen LogP contribution in [0.5, 0.6) is 0 Å². The molecule has 4 nitrogen and oxygen atoms in total. The number of hydrogen-bond acceptors (Lipinski definition) is 3. The number of aryl methyl sites for hydroxylation is 1. The van der Waals surface area contributed by atoms with Gasteiger partial charge in [-0.15, -0.1) is 0 Å². The van der Waals surface area contributed by atoms with Gasteiger partial charge in [-0.2, -0.15) is 5.10 Å². The van der Waals surface area contributed by atoms with E-state index in [4.69, 9.17) is 10.2 Å². The Balaban J connectivity index is 2.29. The van der Waals surface area contributed by atoms with E-state index in [0.29, 0.717) is 22.5 Å². The van der Waals surface area contributed by atoms with Crippen LogP contribution in [-0.4, -0.2) is 9.78 Å². The van der Waals surface area contributed by atoms with Crippen LogP contribution >= 0.6 is 0 Å². The molecule has 5 heteroatoms. The minimum Gasteiger partial charge on any atom is -0.464 e. The summed E-state index contributed by atoms with van der Waals surface area (Å²) in [6, 6.07) is 4.85. The van der Waals surface area contributed by atoms with Crippen LogP contribution in [0, 0.1) is 5.82 Å². The van der Waals surface area contributed by atoms with E-state index in [1.807, 2.05) is 0 Å². The summed E-state index contributed by atoms with van der Waals surface area (Å²) in [5.41, 5.74) is 7.38. The fourth-order valence-corrected chi connectivity index (χ4v) is 1.85. The lowest BCUT2D eigenvalue weighted by Gasteiger charge is -2.02. The first-order chi connectivity index (χ1) is 8.16. The van der Waals surface area contributed by atoms with Gasteiger partial charge in [-0.05, 0) is 12.1 Å². The third-order valence-electron chi connectivity index (χ3n) is 2.82. The van der Waals surface area contributed by atoms with Crippen LogP contribution in [0.25, 0.3) is 22.1 Å². The van der Waals surface area contributed by atoms with Gasteiger partial charge in [-0.25, -0.2) is 4.39 Å². The predicted molar refractivity (Wildman–Crippen MR) is 62.8 cm³/mol. The first-order valence-corrected chi connectivity index (χ1v) is 5.11. The van der Waals surface area contributed by atoms with E-state index in [9.17, 15) is 4.39 Å². The van der Waals surface area contributed by atoms with Crippen molar-refractivity contribution in [1.82, 2.24) is 9.78 Å². The van der Waals surface area contributed by atoms with Crippen molar-refractivity contribution in [3.63, 3.8) is 0 Å². The fraction of sp³-hybridized carbons (Fsp3) is 0.0833. The molecule has 0 atom stereocenters. The minimum atomic E-state index is -0.368. The quantitative estimate of drug-likeness (QED) is 0.700. The molecular formula is C12H10FN3O.